The molecule has 0 fully saturated rings. The Balaban J connectivity index is 1.55. The average Bonchev–Trinajstić information content (AvgIpc) is 3.12. The van der Waals surface area contributed by atoms with Gasteiger partial charge in [-0.2, -0.15) is 13.2 Å². The fraction of sp³-hybridized carbons (Fsp3) is 0.150. The molecule has 1 aromatic heterocycles. The Kier molecular flexibility index (Phi) is 6.64. The topological polar surface area (TPSA) is 71.1 Å². The summed E-state index contributed by atoms with van der Waals surface area (Å²) < 4.78 is 64.9. The first-order valence-corrected chi connectivity index (χ1v) is 9.57. The second-order valence-electron chi connectivity index (χ2n) is 6.36. The van der Waals surface area contributed by atoms with Gasteiger partial charge in [-0.3, -0.25) is 9.59 Å². The van der Waals surface area contributed by atoms with Crippen LogP contribution in [0.3, 0.4) is 0 Å². The van der Waals surface area contributed by atoms with Crippen molar-refractivity contribution in [2.75, 3.05) is 11.9 Å². The number of aromatic nitrogens is 1. The molecule has 31 heavy (non-hydrogen) atoms. The number of halogens is 5. The van der Waals surface area contributed by atoms with Gasteiger partial charge in [0.15, 0.2) is 5.13 Å². The van der Waals surface area contributed by atoms with Crippen LogP contribution in [0.5, 0.6) is 0 Å². The molecule has 11 heteroatoms. The number of anilines is 1. The molecule has 162 valence electrons. The van der Waals surface area contributed by atoms with E-state index in [1.165, 1.54) is 12.3 Å². The molecule has 2 N–H and O–H groups in total. The van der Waals surface area contributed by atoms with Crippen molar-refractivity contribution in [3.8, 4) is 0 Å². The molecule has 0 bridgehead atoms. The van der Waals surface area contributed by atoms with Gasteiger partial charge in [0.2, 0.25) is 5.91 Å². The zero-order valence-electron chi connectivity index (χ0n) is 15.6. The lowest BCUT2D eigenvalue weighted by Gasteiger charge is -2.08. The summed E-state index contributed by atoms with van der Waals surface area (Å²) in [5, 5.41) is 4.83. The van der Waals surface area contributed by atoms with E-state index in [4.69, 9.17) is 0 Å². The number of alkyl halides is 3. The SMILES string of the molecule is O=C(CNC(=O)c1ccc(F)cc1F)Nc1ncc(Cc2cccc(C(F)(F)F)c2)s1. The third kappa shape index (κ3) is 6.07. The minimum Gasteiger partial charge on any atom is -0.343 e. The van der Waals surface area contributed by atoms with Gasteiger partial charge in [0.1, 0.15) is 11.6 Å². The summed E-state index contributed by atoms with van der Waals surface area (Å²) in [7, 11) is 0. The number of carbonyl (C=O) groups excluding carboxylic acids is 2. The normalized spacial score (nSPS) is 11.3. The van der Waals surface area contributed by atoms with Gasteiger partial charge < -0.3 is 10.6 Å². The van der Waals surface area contributed by atoms with Crippen molar-refractivity contribution in [2.45, 2.75) is 12.6 Å². The number of benzene rings is 2. The van der Waals surface area contributed by atoms with Gasteiger partial charge in [-0.25, -0.2) is 13.8 Å². The van der Waals surface area contributed by atoms with Crippen molar-refractivity contribution in [3.05, 3.63) is 81.9 Å². The zero-order valence-corrected chi connectivity index (χ0v) is 16.4. The average molecular weight is 455 g/mol. The molecule has 2 amide bonds. The summed E-state index contributed by atoms with van der Waals surface area (Å²) in [4.78, 5) is 28.5. The molecule has 0 aliphatic carbocycles. The number of carbonyl (C=O) groups is 2. The Hall–Kier alpha value is -3.34. The van der Waals surface area contributed by atoms with E-state index in [2.05, 4.69) is 15.6 Å². The molecule has 0 saturated carbocycles. The summed E-state index contributed by atoms with van der Waals surface area (Å²) >= 11 is 1.07. The van der Waals surface area contributed by atoms with Crippen LogP contribution < -0.4 is 10.6 Å². The Morgan fingerprint density at radius 2 is 1.84 bits per heavy atom. The highest BCUT2D eigenvalue weighted by Crippen LogP contribution is 2.30. The molecule has 0 aliphatic rings. The van der Waals surface area contributed by atoms with Crippen LogP contribution in [0.1, 0.15) is 26.4 Å². The first-order chi connectivity index (χ1) is 14.6. The Morgan fingerprint density at radius 3 is 2.55 bits per heavy atom. The van der Waals surface area contributed by atoms with E-state index in [1.54, 1.807) is 6.07 Å². The minimum atomic E-state index is -4.44. The number of nitrogens with one attached hydrogen (secondary N) is 2. The minimum absolute atomic E-state index is 0.189. The van der Waals surface area contributed by atoms with Gasteiger partial charge in [0.25, 0.3) is 5.91 Å². The maximum atomic E-state index is 13.6. The molecule has 1 heterocycles. The fourth-order valence-electron chi connectivity index (χ4n) is 2.60. The van der Waals surface area contributed by atoms with Crippen LogP contribution >= 0.6 is 11.3 Å². The van der Waals surface area contributed by atoms with Gasteiger partial charge in [0.05, 0.1) is 17.7 Å². The van der Waals surface area contributed by atoms with E-state index in [-0.39, 0.29) is 11.6 Å². The van der Waals surface area contributed by atoms with Crippen LogP contribution in [0.25, 0.3) is 0 Å². The lowest BCUT2D eigenvalue weighted by atomic mass is 10.1. The molecule has 0 radical (unpaired) electrons. The first kappa shape index (κ1) is 22.3. The van der Waals surface area contributed by atoms with Crippen LogP contribution in [0.4, 0.5) is 27.1 Å². The van der Waals surface area contributed by atoms with E-state index in [0.717, 1.165) is 35.6 Å². The maximum Gasteiger partial charge on any atom is 0.416 e. The van der Waals surface area contributed by atoms with Gasteiger partial charge in [-0.1, -0.05) is 18.2 Å². The standard InChI is InChI=1S/C20H14F5N3O2S/c21-13-4-5-15(16(22)8-13)18(30)26-10-17(29)28-19-27-9-14(31-19)7-11-2-1-3-12(6-11)20(23,24)25/h1-6,8-9H,7,10H2,(H,26,30)(H,27,28,29). The molecule has 0 spiro atoms. The summed E-state index contributed by atoms with van der Waals surface area (Å²) in [5.41, 5.74) is -0.729. The highest BCUT2D eigenvalue weighted by molar-refractivity contribution is 7.15. The Bertz CT molecular complexity index is 1110. The molecule has 0 unspecified atom stereocenters. The van der Waals surface area contributed by atoms with Crippen molar-refractivity contribution < 1.29 is 31.5 Å². The molecular weight excluding hydrogens is 441 g/mol. The predicted molar refractivity (Wildman–Crippen MR) is 104 cm³/mol. The largest absolute Gasteiger partial charge is 0.416 e. The molecule has 2 aromatic carbocycles. The zero-order chi connectivity index (χ0) is 22.6. The van der Waals surface area contributed by atoms with Gasteiger partial charge in [-0.15, -0.1) is 11.3 Å². The van der Waals surface area contributed by atoms with E-state index >= 15 is 0 Å². The fourth-order valence-corrected chi connectivity index (χ4v) is 3.46. The molecule has 3 rings (SSSR count). The number of hydrogen-bond acceptors (Lipinski definition) is 4. The Morgan fingerprint density at radius 1 is 1.06 bits per heavy atom. The third-order valence-corrected chi connectivity index (χ3v) is 4.93. The predicted octanol–water partition coefficient (Wildman–Crippen LogP) is 4.40. The third-order valence-electron chi connectivity index (χ3n) is 4.02. The smallest absolute Gasteiger partial charge is 0.343 e. The summed E-state index contributed by atoms with van der Waals surface area (Å²) in [5.74, 6) is -3.43. The molecule has 0 aliphatic heterocycles. The van der Waals surface area contributed by atoms with Crippen molar-refractivity contribution in [1.82, 2.24) is 10.3 Å². The summed E-state index contributed by atoms with van der Waals surface area (Å²) in [6, 6.07) is 7.32. The van der Waals surface area contributed by atoms with E-state index in [9.17, 15) is 31.5 Å². The van der Waals surface area contributed by atoms with Crippen LogP contribution in [0.15, 0.2) is 48.7 Å². The van der Waals surface area contributed by atoms with E-state index in [1.807, 2.05) is 0 Å². The second-order valence-corrected chi connectivity index (χ2v) is 7.48. The van der Waals surface area contributed by atoms with Crippen molar-refractivity contribution in [2.24, 2.45) is 0 Å². The first-order valence-electron chi connectivity index (χ1n) is 8.76. The van der Waals surface area contributed by atoms with Gasteiger partial charge >= 0.3 is 6.18 Å². The highest BCUT2D eigenvalue weighted by atomic mass is 32.1. The van der Waals surface area contributed by atoms with E-state index < -0.39 is 47.3 Å². The maximum absolute atomic E-state index is 13.6. The number of rotatable bonds is 6. The Labute approximate surface area is 176 Å². The highest BCUT2D eigenvalue weighted by Gasteiger charge is 2.30. The molecule has 3 aromatic rings. The van der Waals surface area contributed by atoms with Gasteiger partial charge in [-0.05, 0) is 23.8 Å². The number of hydrogen-bond donors (Lipinski definition) is 2. The van der Waals surface area contributed by atoms with Crippen LogP contribution in [-0.2, 0) is 17.4 Å². The summed E-state index contributed by atoms with van der Waals surface area (Å²) in [6.07, 6.45) is -2.82. The molecular formula is C20H14F5N3O2S. The monoisotopic (exact) mass is 455 g/mol. The second kappa shape index (κ2) is 9.21. The van der Waals surface area contributed by atoms with Crippen molar-refractivity contribution >= 4 is 28.3 Å². The molecule has 0 atom stereocenters. The number of nitrogens with zero attached hydrogens (tertiary/aromatic N) is 1. The number of thiazole rings is 1. The number of amides is 2. The van der Waals surface area contributed by atoms with Crippen LogP contribution in [-0.4, -0.2) is 23.3 Å². The lowest BCUT2D eigenvalue weighted by molar-refractivity contribution is -0.137. The van der Waals surface area contributed by atoms with E-state index in [0.29, 0.717) is 16.5 Å². The van der Waals surface area contributed by atoms with Crippen LogP contribution in [0.2, 0.25) is 0 Å². The lowest BCUT2D eigenvalue weighted by Crippen LogP contribution is -2.33. The quantitative estimate of drug-likeness (QED) is 0.542. The van der Waals surface area contributed by atoms with Gasteiger partial charge in [0, 0.05) is 23.6 Å². The van der Waals surface area contributed by atoms with Crippen molar-refractivity contribution in [1.29, 1.82) is 0 Å². The van der Waals surface area contributed by atoms with Crippen molar-refractivity contribution in [3.63, 3.8) is 0 Å². The van der Waals surface area contributed by atoms with Crippen LogP contribution in [0, 0.1) is 11.6 Å². The molecule has 5 nitrogen and oxygen atoms in total. The molecule has 0 saturated heterocycles. The summed E-state index contributed by atoms with van der Waals surface area (Å²) in [6.45, 7) is -0.488.